The van der Waals surface area contributed by atoms with Gasteiger partial charge in [-0.25, -0.2) is 0 Å². The minimum absolute atomic E-state index is 0.420. The number of nitrogens with zero attached hydrogens (tertiary/aromatic N) is 2. The van der Waals surface area contributed by atoms with Crippen LogP contribution in [0.25, 0.3) is 0 Å². The Morgan fingerprint density at radius 3 is 1.25 bits per heavy atom. The van der Waals surface area contributed by atoms with E-state index in [2.05, 4.69) is 10.2 Å². The van der Waals surface area contributed by atoms with Gasteiger partial charge in [0.05, 0.1) is 5.57 Å². The number of anilines is 2. The molecule has 0 amide bonds. The predicted molar refractivity (Wildman–Crippen MR) is 165 cm³/mol. The first kappa shape index (κ1) is 37.1. The van der Waals surface area contributed by atoms with Crippen molar-refractivity contribution in [3.63, 3.8) is 0 Å². The Kier molecular flexibility index (Phi) is 9.76. The lowest BCUT2D eigenvalue weighted by molar-refractivity contribution is -0.115. The number of rotatable bonds is 8. The highest BCUT2D eigenvalue weighted by atomic mass is 35.5. The van der Waals surface area contributed by atoms with E-state index in [0.29, 0.717) is 12.1 Å². The van der Waals surface area contributed by atoms with E-state index in [4.69, 9.17) is 23.2 Å². The molecule has 48 heavy (non-hydrogen) atoms. The summed E-state index contributed by atoms with van der Waals surface area (Å²) in [6.07, 6.45) is -1.94. The Hall–Kier alpha value is -3.72. The highest BCUT2D eigenvalue weighted by Crippen LogP contribution is 2.38. The van der Waals surface area contributed by atoms with E-state index in [-0.39, 0.29) is 0 Å². The average molecular weight is 794 g/mol. The molecule has 26 heteroatoms. The van der Waals surface area contributed by atoms with Gasteiger partial charge in [0.15, 0.2) is 11.5 Å². The number of halogens is 2. The quantitative estimate of drug-likeness (QED) is 0.0796. The highest BCUT2D eigenvalue weighted by Gasteiger charge is 2.50. The van der Waals surface area contributed by atoms with E-state index >= 15 is 0 Å². The monoisotopic (exact) mass is 792 g/mol. The number of Topliss-reactive ketones (excluding diaryl/α,β-unsaturated/α-hetero) is 2. The Morgan fingerprint density at radius 2 is 0.958 bits per heavy atom. The molecule has 4 rings (SSSR count). The van der Waals surface area contributed by atoms with Crippen LogP contribution in [0.4, 0.5) is 11.4 Å². The fourth-order valence-electron chi connectivity index (χ4n) is 4.59. The minimum Gasteiger partial charge on any atom is -0.504 e. The van der Waals surface area contributed by atoms with Crippen molar-refractivity contribution >= 4 is 98.0 Å². The Bertz CT molecular complexity index is 2180. The molecule has 0 bridgehead atoms. The van der Waals surface area contributed by atoms with Gasteiger partial charge < -0.3 is 10.2 Å². The van der Waals surface area contributed by atoms with Gasteiger partial charge in [-0.05, 0) is 37.1 Å². The van der Waals surface area contributed by atoms with E-state index in [1.807, 2.05) is 10.9 Å². The number of ketones is 2. The third-order valence-corrected chi connectivity index (χ3v) is 11.1. The molecule has 0 saturated carbocycles. The number of carbonyl (C=O) groups excluding carboxylic acids is 2. The topological polar surface area (TPSA) is 341 Å². The maximum absolute atomic E-state index is 13.6. The van der Waals surface area contributed by atoms with Crippen LogP contribution in [0.2, 0.25) is 10.0 Å². The summed E-state index contributed by atoms with van der Waals surface area (Å²) in [4.78, 5) is 24.9. The summed E-state index contributed by atoms with van der Waals surface area (Å²) in [7, 11) is -20.8. The fourth-order valence-corrected chi connectivity index (χ4v) is 8.13. The molecule has 260 valence electrons. The van der Waals surface area contributed by atoms with Crippen molar-refractivity contribution in [2.75, 3.05) is 10.9 Å². The van der Waals surface area contributed by atoms with E-state index in [1.54, 1.807) is 0 Å². The van der Waals surface area contributed by atoms with Gasteiger partial charge in [-0.1, -0.05) is 28.8 Å². The number of carbonyl (C=O) groups is 2. The van der Waals surface area contributed by atoms with Gasteiger partial charge in [-0.15, -0.1) is 0 Å². The molecule has 2 aliphatic carbocycles. The largest absolute Gasteiger partial charge is 0.504 e. The zero-order valence-electron chi connectivity index (χ0n) is 22.9. The molecule has 0 fully saturated rings. The summed E-state index contributed by atoms with van der Waals surface area (Å²) in [5.74, 6) is -5.53. The van der Waals surface area contributed by atoms with Crippen LogP contribution in [0.3, 0.4) is 0 Å². The van der Waals surface area contributed by atoms with Crippen molar-refractivity contribution in [1.82, 2.24) is 0 Å². The molecule has 0 heterocycles. The number of hydrogen-bond acceptors (Lipinski definition) is 16. The van der Waals surface area contributed by atoms with Gasteiger partial charge >= 0.3 is 0 Å². The minimum atomic E-state index is -5.29. The molecule has 0 aliphatic heterocycles. The number of allylic oxidation sites excluding steroid dienone is 2. The first-order valence-corrected chi connectivity index (χ1v) is 18.9. The zero-order valence-corrected chi connectivity index (χ0v) is 27.7. The molecule has 2 aromatic carbocycles. The third-order valence-electron chi connectivity index (χ3n) is 6.69. The summed E-state index contributed by atoms with van der Waals surface area (Å²) in [6.45, 7) is 0. The van der Waals surface area contributed by atoms with Crippen molar-refractivity contribution < 1.29 is 71.7 Å². The van der Waals surface area contributed by atoms with Crippen molar-refractivity contribution in [2.24, 2.45) is 10.2 Å². The van der Waals surface area contributed by atoms with Crippen molar-refractivity contribution in [3.8, 4) is 11.5 Å². The molecule has 8 N–H and O–H groups in total. The number of phenols is 2. The van der Waals surface area contributed by atoms with Crippen LogP contribution in [0.15, 0.2) is 55.4 Å². The molecule has 0 saturated heterocycles. The van der Waals surface area contributed by atoms with Gasteiger partial charge in [-0.3, -0.25) is 38.7 Å². The number of nitrogens with one attached hydrogen (secondary N) is 2. The smallest absolute Gasteiger partial charge is 0.298 e. The second-order valence-electron chi connectivity index (χ2n) is 9.82. The number of aromatic hydroxyl groups is 2. The molecule has 2 unspecified atom stereocenters. The molecule has 2 aliphatic rings. The summed E-state index contributed by atoms with van der Waals surface area (Å²) < 4.78 is 134. The fraction of sp³-hybridized carbons (Fsp3) is 0.182. The average Bonchev–Trinajstić information content (AvgIpc) is 2.92. The van der Waals surface area contributed by atoms with Crippen LogP contribution in [0.1, 0.15) is 12.8 Å². The van der Waals surface area contributed by atoms with Crippen molar-refractivity contribution in [1.29, 1.82) is 0 Å². The maximum Gasteiger partial charge on any atom is 0.298 e. The lowest BCUT2D eigenvalue weighted by atomic mass is 9.78. The van der Waals surface area contributed by atoms with Gasteiger partial charge in [0.1, 0.15) is 43.1 Å². The Labute approximate surface area is 279 Å². The van der Waals surface area contributed by atoms with Crippen LogP contribution in [0.5, 0.6) is 11.5 Å². The van der Waals surface area contributed by atoms with Gasteiger partial charge in [0.25, 0.3) is 40.5 Å². The molecule has 2 aromatic rings. The third kappa shape index (κ3) is 7.46. The number of hydrogen-bond donors (Lipinski definition) is 8. The molecular weight excluding hydrogens is 775 g/mol. The molecule has 20 nitrogen and oxygen atoms in total. The van der Waals surface area contributed by atoms with Crippen LogP contribution < -0.4 is 10.9 Å². The van der Waals surface area contributed by atoms with Crippen LogP contribution >= 0.6 is 23.2 Å². The summed E-state index contributed by atoms with van der Waals surface area (Å²) in [6, 6.07) is 2.91. The lowest BCUT2D eigenvalue weighted by Crippen LogP contribution is -2.49. The van der Waals surface area contributed by atoms with Gasteiger partial charge in [-0.2, -0.15) is 43.9 Å². The zero-order chi connectivity index (χ0) is 36.3. The van der Waals surface area contributed by atoms with E-state index in [1.165, 1.54) is 0 Å². The van der Waals surface area contributed by atoms with E-state index in [0.717, 1.165) is 12.1 Å². The molecule has 0 aromatic heterocycles. The first-order valence-electron chi connectivity index (χ1n) is 12.2. The Morgan fingerprint density at radius 1 is 0.625 bits per heavy atom. The van der Waals surface area contributed by atoms with Crippen molar-refractivity contribution in [3.05, 3.63) is 45.5 Å². The predicted octanol–water partition coefficient (Wildman–Crippen LogP) is 0.889. The molecule has 2 atom stereocenters. The SMILES string of the molecule is O=C1C(=NNc2cc(Cl)cc(S(=O)(=O)O)c2O)C(S(=O)(=O)O)CC2=C1C(=O)C(=NNc1cc(Cl)cc(S(=O)(=O)O)c1O)C(S(=O)(=O)O)C2. The number of phenolic OH excluding ortho intramolecular Hbond substituents is 2. The first-order chi connectivity index (χ1) is 21.8. The normalized spacial score (nSPS) is 21.0. The lowest BCUT2D eigenvalue weighted by Gasteiger charge is -2.31. The van der Waals surface area contributed by atoms with Crippen LogP contribution in [-0.2, 0) is 50.1 Å². The van der Waals surface area contributed by atoms with E-state index < -0.39 is 141 Å². The highest BCUT2D eigenvalue weighted by molar-refractivity contribution is 7.88. The number of hydrazone groups is 2. The van der Waals surface area contributed by atoms with Crippen molar-refractivity contribution in [2.45, 2.75) is 33.1 Å². The second kappa shape index (κ2) is 12.6. The molecule has 0 spiro atoms. The van der Waals surface area contributed by atoms with Gasteiger partial charge in [0, 0.05) is 10.0 Å². The summed E-state index contributed by atoms with van der Waals surface area (Å²) in [5, 5.41) is 22.1. The Balaban J connectivity index is 1.85. The second-order valence-corrected chi connectivity index (χ2v) is 16.7. The van der Waals surface area contributed by atoms with Gasteiger partial charge in [0.2, 0.25) is 11.6 Å². The number of benzene rings is 2. The molecule has 0 radical (unpaired) electrons. The summed E-state index contributed by atoms with van der Waals surface area (Å²) in [5.41, 5.74) is -1.28. The standard InChI is InChI=1S/C22H18Cl2N4O16S4/c23-8-3-10(19(29)14(5-8)47(39,40)41)25-27-17-12(45(33,34)35)1-7-2-13(46(36,37)38)18(22(32)16(7)21(17)31)28-26-11-4-9(24)6-15(20(11)30)48(42,43)44/h3-6,12-13,25-26,29-30H,1-2H2,(H,33,34,35)(H,36,37,38)(H,39,40,41)(H,42,43,44). The van der Waals surface area contributed by atoms with Crippen LogP contribution in [0, 0.1) is 0 Å². The van der Waals surface area contributed by atoms with E-state index in [9.17, 15) is 71.7 Å². The molecular formula is C22H18Cl2N4O16S4. The van der Waals surface area contributed by atoms with Crippen LogP contribution in [-0.4, -0.2) is 95.6 Å². The maximum atomic E-state index is 13.6. The summed E-state index contributed by atoms with van der Waals surface area (Å²) >= 11 is 11.6.